The van der Waals surface area contributed by atoms with Gasteiger partial charge in [0.05, 0.1) is 11.4 Å². The molecule has 0 bridgehead atoms. The summed E-state index contributed by atoms with van der Waals surface area (Å²) in [6.45, 7) is 5.09. The summed E-state index contributed by atoms with van der Waals surface area (Å²) in [6.07, 6.45) is 3.43. The molecular formula is C24H25FN6O2. The summed E-state index contributed by atoms with van der Waals surface area (Å²) in [7, 11) is 0. The molecule has 170 valence electrons. The van der Waals surface area contributed by atoms with E-state index in [1.165, 1.54) is 12.1 Å². The number of ether oxygens (including phenoxy) is 1. The van der Waals surface area contributed by atoms with Crippen LogP contribution in [0, 0.1) is 19.7 Å². The number of nitrogens with one attached hydrogen (secondary N) is 2. The second kappa shape index (κ2) is 8.67. The van der Waals surface area contributed by atoms with Gasteiger partial charge in [0.25, 0.3) is 0 Å². The van der Waals surface area contributed by atoms with Crippen molar-refractivity contribution in [2.45, 2.75) is 32.7 Å². The molecule has 1 fully saturated rings. The first kappa shape index (κ1) is 21.1. The highest BCUT2D eigenvalue weighted by molar-refractivity contribution is 5.90. The first-order valence-electron chi connectivity index (χ1n) is 10.9. The van der Waals surface area contributed by atoms with Crippen LogP contribution >= 0.6 is 0 Å². The van der Waals surface area contributed by atoms with Crippen LogP contribution in [0.25, 0.3) is 11.0 Å². The number of hydrogen-bond acceptors (Lipinski definition) is 7. The second-order valence-corrected chi connectivity index (χ2v) is 8.28. The molecule has 8 nitrogen and oxygen atoms in total. The maximum Gasteiger partial charge on any atom is 0.229 e. The van der Waals surface area contributed by atoms with Gasteiger partial charge in [0, 0.05) is 30.8 Å². The van der Waals surface area contributed by atoms with Crippen molar-refractivity contribution in [2.24, 2.45) is 0 Å². The predicted octanol–water partition coefficient (Wildman–Crippen LogP) is 5.13. The maximum absolute atomic E-state index is 13.8. The monoisotopic (exact) mass is 448 g/mol. The van der Waals surface area contributed by atoms with E-state index in [0.29, 0.717) is 30.6 Å². The van der Waals surface area contributed by atoms with Crippen LogP contribution in [0.5, 0.6) is 5.75 Å². The van der Waals surface area contributed by atoms with Crippen molar-refractivity contribution in [1.82, 2.24) is 19.7 Å². The second-order valence-electron chi connectivity index (χ2n) is 8.28. The Hall–Kier alpha value is -3.72. The molecule has 0 atom stereocenters. The molecule has 3 heterocycles. The molecule has 5 rings (SSSR count). The Labute approximate surface area is 190 Å². The van der Waals surface area contributed by atoms with E-state index in [0.717, 1.165) is 40.7 Å². The number of benzene rings is 2. The van der Waals surface area contributed by atoms with Gasteiger partial charge in [-0.2, -0.15) is 10.1 Å². The normalized spacial score (nSPS) is 14.5. The molecule has 2 aromatic carbocycles. The Balaban J connectivity index is 1.56. The number of aromatic nitrogens is 4. The van der Waals surface area contributed by atoms with Gasteiger partial charge in [-0.3, -0.25) is 0 Å². The van der Waals surface area contributed by atoms with Gasteiger partial charge in [0.2, 0.25) is 5.95 Å². The van der Waals surface area contributed by atoms with E-state index in [1.54, 1.807) is 30.5 Å². The highest BCUT2D eigenvalue weighted by Gasteiger charge is 2.23. The van der Waals surface area contributed by atoms with Crippen molar-refractivity contribution in [1.29, 1.82) is 0 Å². The number of phenols is 1. The lowest BCUT2D eigenvalue weighted by atomic mass is 10.1. The summed E-state index contributed by atoms with van der Waals surface area (Å²) < 4.78 is 21.3. The lowest BCUT2D eigenvalue weighted by molar-refractivity contribution is 0.0674. The Morgan fingerprint density at radius 2 is 1.76 bits per heavy atom. The first-order valence-corrected chi connectivity index (χ1v) is 10.9. The van der Waals surface area contributed by atoms with Crippen LogP contribution in [0.4, 0.5) is 27.5 Å². The van der Waals surface area contributed by atoms with E-state index in [4.69, 9.17) is 14.8 Å². The molecular weight excluding hydrogens is 423 g/mol. The van der Waals surface area contributed by atoms with Crippen LogP contribution in [-0.2, 0) is 4.74 Å². The third-order valence-corrected chi connectivity index (χ3v) is 5.85. The number of aromatic hydroxyl groups is 1. The van der Waals surface area contributed by atoms with Crippen LogP contribution in [0.2, 0.25) is 0 Å². The summed E-state index contributed by atoms with van der Waals surface area (Å²) >= 11 is 0. The molecule has 0 aliphatic carbocycles. The molecule has 9 heteroatoms. The van der Waals surface area contributed by atoms with E-state index in [-0.39, 0.29) is 17.6 Å². The molecule has 0 spiro atoms. The zero-order valence-electron chi connectivity index (χ0n) is 18.5. The van der Waals surface area contributed by atoms with Gasteiger partial charge in [0.15, 0.2) is 11.5 Å². The average molecular weight is 449 g/mol. The number of aryl methyl sites for hydroxylation is 2. The van der Waals surface area contributed by atoms with Crippen molar-refractivity contribution >= 4 is 34.2 Å². The van der Waals surface area contributed by atoms with Crippen molar-refractivity contribution in [2.75, 3.05) is 23.8 Å². The average Bonchev–Trinajstić information content (AvgIpc) is 3.16. The Morgan fingerprint density at radius 3 is 2.45 bits per heavy atom. The van der Waals surface area contributed by atoms with E-state index >= 15 is 0 Å². The third kappa shape index (κ3) is 4.31. The molecule has 0 unspecified atom stereocenters. The zero-order chi connectivity index (χ0) is 22.9. The number of phenolic OH excluding ortho intramolecular Hbond substituents is 1. The smallest absolute Gasteiger partial charge is 0.229 e. The van der Waals surface area contributed by atoms with Gasteiger partial charge in [-0.05, 0) is 74.2 Å². The van der Waals surface area contributed by atoms with Crippen molar-refractivity contribution in [3.05, 3.63) is 59.5 Å². The van der Waals surface area contributed by atoms with Crippen LogP contribution in [0.15, 0.2) is 42.6 Å². The zero-order valence-corrected chi connectivity index (χ0v) is 18.5. The molecule has 1 saturated heterocycles. The van der Waals surface area contributed by atoms with E-state index in [9.17, 15) is 9.50 Å². The summed E-state index contributed by atoms with van der Waals surface area (Å²) in [5.41, 5.74) is 3.89. The number of anilines is 4. The molecule has 1 aliphatic rings. The van der Waals surface area contributed by atoms with Gasteiger partial charge in [-0.1, -0.05) is 0 Å². The van der Waals surface area contributed by atoms with Gasteiger partial charge in [-0.25, -0.2) is 14.1 Å². The van der Waals surface area contributed by atoms with E-state index in [2.05, 4.69) is 15.6 Å². The fourth-order valence-electron chi connectivity index (χ4n) is 4.16. The topological polar surface area (TPSA) is 97.1 Å². The van der Waals surface area contributed by atoms with Crippen LogP contribution < -0.4 is 10.6 Å². The van der Waals surface area contributed by atoms with Gasteiger partial charge in [0.1, 0.15) is 11.6 Å². The number of nitrogens with zero attached hydrogens (tertiary/aromatic N) is 4. The molecule has 1 aliphatic heterocycles. The summed E-state index contributed by atoms with van der Waals surface area (Å²) in [4.78, 5) is 9.25. The Bertz CT molecular complexity index is 1280. The van der Waals surface area contributed by atoms with Crippen LogP contribution in [-0.4, -0.2) is 38.1 Å². The van der Waals surface area contributed by atoms with E-state index in [1.807, 2.05) is 18.5 Å². The fourth-order valence-corrected chi connectivity index (χ4v) is 4.16. The minimum Gasteiger partial charge on any atom is -0.508 e. The third-order valence-electron chi connectivity index (χ3n) is 5.85. The number of hydrogen-bond donors (Lipinski definition) is 3. The number of rotatable bonds is 5. The molecule has 33 heavy (non-hydrogen) atoms. The Kier molecular flexibility index (Phi) is 5.55. The minimum atomic E-state index is -0.263. The standard InChI is InChI=1S/C24H25FN6O2/c1-14-11-16(25)12-15(2)21(14)28-22-20-13-26-24(27-17-3-5-19(32)6-4-17)29-23(20)31(30-22)18-7-9-33-10-8-18/h3-6,11-13,18,32H,7-10H2,1-2H3,(H,28,30)(H,26,27,29). The lowest BCUT2D eigenvalue weighted by Gasteiger charge is -2.22. The molecule has 2 aromatic heterocycles. The lowest BCUT2D eigenvalue weighted by Crippen LogP contribution is -2.21. The van der Waals surface area contributed by atoms with Gasteiger partial charge < -0.3 is 20.5 Å². The maximum atomic E-state index is 13.8. The molecule has 0 amide bonds. The summed E-state index contributed by atoms with van der Waals surface area (Å²) in [6, 6.07) is 9.87. The quantitative estimate of drug-likeness (QED) is 0.364. The summed E-state index contributed by atoms with van der Waals surface area (Å²) in [5, 5.41) is 21.7. The summed E-state index contributed by atoms with van der Waals surface area (Å²) in [5.74, 6) is 0.991. The first-order chi connectivity index (χ1) is 16.0. The van der Waals surface area contributed by atoms with Crippen molar-refractivity contribution < 1.29 is 14.2 Å². The largest absolute Gasteiger partial charge is 0.508 e. The molecule has 0 radical (unpaired) electrons. The molecule has 4 aromatic rings. The predicted molar refractivity (Wildman–Crippen MR) is 125 cm³/mol. The van der Waals surface area contributed by atoms with Crippen LogP contribution in [0.3, 0.4) is 0 Å². The highest BCUT2D eigenvalue weighted by atomic mass is 19.1. The van der Waals surface area contributed by atoms with Gasteiger partial charge >= 0.3 is 0 Å². The van der Waals surface area contributed by atoms with Crippen molar-refractivity contribution in [3.8, 4) is 5.75 Å². The minimum absolute atomic E-state index is 0.156. The number of halogens is 1. The van der Waals surface area contributed by atoms with Crippen molar-refractivity contribution in [3.63, 3.8) is 0 Å². The number of fused-ring (bicyclic) bond motifs is 1. The highest BCUT2D eigenvalue weighted by Crippen LogP contribution is 2.33. The molecule has 0 saturated carbocycles. The van der Waals surface area contributed by atoms with Gasteiger partial charge in [-0.15, -0.1) is 0 Å². The SMILES string of the molecule is Cc1cc(F)cc(C)c1Nc1nn(C2CCOCC2)c2nc(Nc3ccc(O)cc3)ncc12. The van der Waals surface area contributed by atoms with E-state index < -0.39 is 0 Å². The fraction of sp³-hybridized carbons (Fsp3) is 0.292. The molecule has 3 N–H and O–H groups in total. The van der Waals surface area contributed by atoms with Crippen LogP contribution in [0.1, 0.15) is 30.0 Å². The Morgan fingerprint density at radius 1 is 1.06 bits per heavy atom.